The summed E-state index contributed by atoms with van der Waals surface area (Å²) >= 11 is 0. The molecule has 7 nitrogen and oxygen atoms in total. The zero-order valence-electron chi connectivity index (χ0n) is 33.7. The maximum atomic E-state index is 13.1. The van der Waals surface area contributed by atoms with Crippen LogP contribution in [0.4, 0.5) is 0 Å². The third-order valence-corrected chi connectivity index (χ3v) is 9.92. The van der Waals surface area contributed by atoms with Crippen LogP contribution in [-0.4, -0.2) is 74.6 Å². The van der Waals surface area contributed by atoms with E-state index in [-0.39, 0.29) is 24.4 Å². The molecule has 7 heteroatoms. The molecule has 0 fully saturated rings. The van der Waals surface area contributed by atoms with E-state index in [0.29, 0.717) is 46.0 Å². The fourth-order valence-electron chi connectivity index (χ4n) is 6.62. The lowest BCUT2D eigenvalue weighted by Gasteiger charge is -2.23. The number of amides is 1. The van der Waals surface area contributed by atoms with Crippen molar-refractivity contribution in [2.24, 2.45) is 5.92 Å². The van der Waals surface area contributed by atoms with Crippen LogP contribution in [0.3, 0.4) is 0 Å². The molecule has 0 rings (SSSR count). The molecule has 0 saturated carbocycles. The molecule has 0 aromatic rings. The van der Waals surface area contributed by atoms with Gasteiger partial charge >= 0.3 is 5.97 Å². The molecule has 1 N–H and O–H groups in total. The highest BCUT2D eigenvalue weighted by Gasteiger charge is 2.19. The molecule has 50 heavy (non-hydrogen) atoms. The monoisotopic (exact) mass is 712 g/mol. The van der Waals surface area contributed by atoms with Crippen molar-refractivity contribution in [2.45, 2.75) is 207 Å². The highest BCUT2D eigenvalue weighted by molar-refractivity contribution is 5.76. The molecule has 1 atom stereocenters. The second-order valence-electron chi connectivity index (χ2n) is 14.7. The second kappa shape index (κ2) is 40.6. The minimum absolute atomic E-state index is 0.0166. The van der Waals surface area contributed by atoms with Gasteiger partial charge < -0.3 is 24.2 Å². The van der Waals surface area contributed by atoms with Gasteiger partial charge in [-0.3, -0.25) is 9.59 Å². The van der Waals surface area contributed by atoms with Crippen LogP contribution in [0, 0.1) is 5.92 Å². The molecule has 0 spiro atoms. The smallest absolute Gasteiger partial charge is 0.308 e. The van der Waals surface area contributed by atoms with Crippen LogP contribution < -0.4 is 0 Å². The first-order valence-electron chi connectivity index (χ1n) is 21.8. The molecule has 0 radical (unpaired) electrons. The van der Waals surface area contributed by atoms with Crippen LogP contribution in [-0.2, 0) is 23.8 Å². The van der Waals surface area contributed by atoms with E-state index in [1.54, 1.807) is 0 Å². The summed E-state index contributed by atoms with van der Waals surface area (Å²) < 4.78 is 16.8. The summed E-state index contributed by atoms with van der Waals surface area (Å²) in [6.07, 6.45) is 34.2. The molecule has 0 aliphatic carbocycles. The Morgan fingerprint density at radius 2 is 0.920 bits per heavy atom. The first-order valence-corrected chi connectivity index (χ1v) is 21.8. The largest absolute Gasteiger partial charge is 0.465 e. The third-order valence-electron chi connectivity index (χ3n) is 9.92. The summed E-state index contributed by atoms with van der Waals surface area (Å²) in [6, 6.07) is 0. The summed E-state index contributed by atoms with van der Waals surface area (Å²) in [6.45, 7) is 10.4. The highest BCUT2D eigenvalue weighted by atomic mass is 16.5. The van der Waals surface area contributed by atoms with Gasteiger partial charge in [-0.05, 0) is 38.5 Å². The van der Waals surface area contributed by atoms with E-state index in [1.807, 2.05) is 4.90 Å². The Kier molecular flexibility index (Phi) is 39.6. The highest BCUT2D eigenvalue weighted by Crippen LogP contribution is 2.21. The number of hydrogen-bond donors (Lipinski definition) is 1. The van der Waals surface area contributed by atoms with E-state index in [2.05, 4.69) is 20.8 Å². The zero-order chi connectivity index (χ0) is 36.6. The molecule has 1 unspecified atom stereocenters. The summed E-state index contributed by atoms with van der Waals surface area (Å²) in [4.78, 5) is 28.1. The van der Waals surface area contributed by atoms with Gasteiger partial charge in [0.2, 0.25) is 5.91 Å². The number of ether oxygens (including phenoxy) is 3. The van der Waals surface area contributed by atoms with Gasteiger partial charge in [0.1, 0.15) is 0 Å². The van der Waals surface area contributed by atoms with Crippen LogP contribution in [0.15, 0.2) is 0 Å². The van der Waals surface area contributed by atoms with Crippen molar-refractivity contribution in [2.75, 3.05) is 52.7 Å². The van der Waals surface area contributed by atoms with Crippen molar-refractivity contribution >= 4 is 11.9 Å². The number of hydrogen-bond acceptors (Lipinski definition) is 6. The van der Waals surface area contributed by atoms with Crippen LogP contribution in [0.2, 0.25) is 0 Å². The molecule has 0 aliphatic heterocycles. The van der Waals surface area contributed by atoms with Gasteiger partial charge in [0.05, 0.1) is 45.6 Å². The van der Waals surface area contributed by atoms with E-state index in [9.17, 15) is 9.59 Å². The number of aliphatic hydroxyl groups is 1. The van der Waals surface area contributed by atoms with Gasteiger partial charge in [-0.15, -0.1) is 0 Å². The maximum absolute atomic E-state index is 13.1. The topological polar surface area (TPSA) is 85.3 Å². The summed E-state index contributed by atoms with van der Waals surface area (Å²) in [7, 11) is 0. The van der Waals surface area contributed by atoms with Gasteiger partial charge in [0.15, 0.2) is 0 Å². The SMILES string of the molecule is CCCCCCCCCCCCCC(=O)N(CCCCCCOC(=O)C(CCCCCCC)CCCCCCCC)CCOCCOCCO. The summed E-state index contributed by atoms with van der Waals surface area (Å²) in [5, 5.41) is 8.85. The van der Waals surface area contributed by atoms with Crippen molar-refractivity contribution in [1.29, 1.82) is 0 Å². The van der Waals surface area contributed by atoms with Crippen molar-refractivity contribution in [1.82, 2.24) is 4.90 Å². The molecule has 1 amide bonds. The van der Waals surface area contributed by atoms with Crippen molar-refractivity contribution in [3.63, 3.8) is 0 Å². The van der Waals surface area contributed by atoms with E-state index < -0.39 is 0 Å². The zero-order valence-corrected chi connectivity index (χ0v) is 33.7. The third kappa shape index (κ3) is 33.9. The van der Waals surface area contributed by atoms with Crippen LogP contribution in [0.25, 0.3) is 0 Å². The molecule has 0 bridgehead atoms. The van der Waals surface area contributed by atoms with E-state index >= 15 is 0 Å². The van der Waals surface area contributed by atoms with E-state index in [0.717, 1.165) is 70.8 Å². The molecule has 0 aromatic heterocycles. The molecule has 0 aromatic carbocycles. The molecule has 0 saturated heterocycles. The Bertz CT molecular complexity index is 705. The molecule has 0 aliphatic rings. The Hall–Kier alpha value is -1.18. The Balaban J connectivity index is 4.43. The Morgan fingerprint density at radius 1 is 0.480 bits per heavy atom. The fraction of sp³-hybridized carbons (Fsp3) is 0.953. The number of nitrogens with zero attached hydrogens (tertiary/aromatic N) is 1. The summed E-state index contributed by atoms with van der Waals surface area (Å²) in [5.74, 6) is 0.322. The number of carbonyl (C=O) groups excluding carboxylic acids is 2. The van der Waals surface area contributed by atoms with Gasteiger partial charge in [-0.25, -0.2) is 0 Å². The first kappa shape index (κ1) is 48.8. The average molecular weight is 712 g/mol. The number of esters is 1. The predicted molar refractivity (Wildman–Crippen MR) is 211 cm³/mol. The molecule has 298 valence electrons. The van der Waals surface area contributed by atoms with E-state index in [4.69, 9.17) is 19.3 Å². The lowest BCUT2D eigenvalue weighted by Crippen LogP contribution is -2.35. The molecular formula is C43H85NO6. The molecule has 0 heterocycles. The van der Waals surface area contributed by atoms with Crippen LogP contribution >= 0.6 is 0 Å². The normalized spacial score (nSPS) is 12.0. The van der Waals surface area contributed by atoms with Gasteiger partial charge in [0, 0.05) is 19.5 Å². The van der Waals surface area contributed by atoms with Crippen molar-refractivity contribution in [3.05, 3.63) is 0 Å². The minimum Gasteiger partial charge on any atom is -0.465 e. The Labute approximate surface area is 310 Å². The second-order valence-corrected chi connectivity index (χ2v) is 14.7. The standard InChI is InChI=1S/C43H85NO6/c1-4-7-10-13-15-16-17-18-19-22-27-32-42(46)44(34-37-48-39-40-49-38-35-45)33-28-23-24-29-36-50-43(47)41(30-25-20-12-9-6-3)31-26-21-14-11-8-5-2/h41,45H,4-40H2,1-3H3. The number of aliphatic hydroxyl groups excluding tert-OH is 1. The average Bonchev–Trinajstić information content (AvgIpc) is 3.12. The minimum atomic E-state index is 0.0166. The number of carbonyl (C=O) groups is 2. The van der Waals surface area contributed by atoms with Crippen LogP contribution in [0.1, 0.15) is 207 Å². The van der Waals surface area contributed by atoms with E-state index in [1.165, 1.54) is 116 Å². The van der Waals surface area contributed by atoms with Gasteiger partial charge in [-0.2, -0.15) is 0 Å². The van der Waals surface area contributed by atoms with Gasteiger partial charge in [0.25, 0.3) is 0 Å². The quantitative estimate of drug-likeness (QED) is 0.0502. The lowest BCUT2D eigenvalue weighted by molar-refractivity contribution is -0.149. The fourth-order valence-corrected chi connectivity index (χ4v) is 6.62. The number of rotatable bonds is 41. The first-order chi connectivity index (χ1) is 24.6. The van der Waals surface area contributed by atoms with Crippen LogP contribution in [0.5, 0.6) is 0 Å². The summed E-state index contributed by atoms with van der Waals surface area (Å²) in [5.41, 5.74) is 0. The lowest BCUT2D eigenvalue weighted by atomic mass is 9.94. The van der Waals surface area contributed by atoms with Gasteiger partial charge in [-0.1, -0.05) is 162 Å². The maximum Gasteiger partial charge on any atom is 0.308 e. The number of unbranched alkanes of at least 4 members (excludes halogenated alkanes) is 22. The Morgan fingerprint density at radius 3 is 1.44 bits per heavy atom. The molecular weight excluding hydrogens is 626 g/mol. The van der Waals surface area contributed by atoms with Crippen molar-refractivity contribution in [3.8, 4) is 0 Å². The van der Waals surface area contributed by atoms with Crippen molar-refractivity contribution < 1.29 is 28.9 Å². The predicted octanol–water partition coefficient (Wildman–Crippen LogP) is 11.4.